The maximum Gasteiger partial charge on any atom is 0.387 e. The molecule has 2 aromatic rings. The molecular formula is C16H23F2IN6O. The van der Waals surface area contributed by atoms with Gasteiger partial charge in [0.05, 0.1) is 6.54 Å². The highest BCUT2D eigenvalue weighted by atomic mass is 127. The highest BCUT2D eigenvalue weighted by Crippen LogP contribution is 2.15. The number of nitrogens with zero attached hydrogens (tertiary/aromatic N) is 5. The molecule has 0 bridgehead atoms. The lowest BCUT2D eigenvalue weighted by atomic mass is 10.2. The van der Waals surface area contributed by atoms with Crippen LogP contribution in [0.1, 0.15) is 18.3 Å². The van der Waals surface area contributed by atoms with Crippen molar-refractivity contribution in [1.29, 1.82) is 0 Å². The first-order valence-corrected chi connectivity index (χ1v) is 7.85. The molecule has 0 amide bonds. The minimum Gasteiger partial charge on any atom is -0.435 e. The third kappa shape index (κ3) is 6.39. The van der Waals surface area contributed by atoms with E-state index in [1.54, 1.807) is 25.5 Å². The topological polar surface area (TPSA) is 67.6 Å². The molecule has 0 aliphatic rings. The first-order valence-electron chi connectivity index (χ1n) is 7.85. The molecule has 7 nitrogen and oxygen atoms in total. The highest BCUT2D eigenvalue weighted by Gasteiger charge is 2.10. The minimum atomic E-state index is -2.82. The molecule has 0 aliphatic carbocycles. The summed E-state index contributed by atoms with van der Waals surface area (Å²) in [7, 11) is 3.59. The quantitative estimate of drug-likeness (QED) is 0.375. The van der Waals surface area contributed by atoms with E-state index in [1.165, 1.54) is 12.1 Å². The lowest BCUT2D eigenvalue weighted by Crippen LogP contribution is -2.38. The van der Waals surface area contributed by atoms with Crippen molar-refractivity contribution in [3.8, 4) is 5.75 Å². The molecule has 144 valence electrons. The van der Waals surface area contributed by atoms with Crippen molar-refractivity contribution in [3.05, 3.63) is 42.0 Å². The molecule has 2 rings (SSSR count). The number of guanidine groups is 1. The second-order valence-corrected chi connectivity index (χ2v) is 5.31. The number of aliphatic imine (C=N–C) groups is 1. The van der Waals surface area contributed by atoms with Gasteiger partial charge in [0.15, 0.2) is 11.8 Å². The van der Waals surface area contributed by atoms with Crippen LogP contribution in [0.4, 0.5) is 8.78 Å². The number of hydrogen-bond donors (Lipinski definition) is 1. The molecule has 1 N–H and O–H groups in total. The van der Waals surface area contributed by atoms with Crippen LogP contribution in [0.15, 0.2) is 35.6 Å². The van der Waals surface area contributed by atoms with Gasteiger partial charge in [-0.2, -0.15) is 8.78 Å². The van der Waals surface area contributed by atoms with Crippen molar-refractivity contribution in [2.45, 2.75) is 33.2 Å². The Morgan fingerprint density at radius 2 is 2.04 bits per heavy atom. The number of ether oxygens (including phenoxy) is 1. The van der Waals surface area contributed by atoms with Crippen LogP contribution in [-0.4, -0.2) is 46.3 Å². The molecule has 0 aliphatic heterocycles. The van der Waals surface area contributed by atoms with Crippen molar-refractivity contribution in [2.75, 3.05) is 14.1 Å². The number of halogens is 3. The molecule has 0 saturated heterocycles. The number of benzene rings is 1. The summed E-state index contributed by atoms with van der Waals surface area (Å²) >= 11 is 0. The van der Waals surface area contributed by atoms with Crippen molar-refractivity contribution in [3.63, 3.8) is 0 Å². The SMILES string of the molecule is CCn1cnnc1CNC(=NC)N(C)Cc1ccc(OC(F)F)cc1.I. The van der Waals surface area contributed by atoms with E-state index in [0.29, 0.717) is 19.0 Å². The molecule has 0 atom stereocenters. The van der Waals surface area contributed by atoms with Gasteiger partial charge in [0.1, 0.15) is 12.1 Å². The normalized spacial score (nSPS) is 11.2. The zero-order valence-corrected chi connectivity index (χ0v) is 17.2. The van der Waals surface area contributed by atoms with E-state index in [9.17, 15) is 8.78 Å². The Kier molecular flexibility index (Phi) is 9.24. The van der Waals surface area contributed by atoms with Crippen molar-refractivity contribution in [1.82, 2.24) is 25.0 Å². The van der Waals surface area contributed by atoms with E-state index in [-0.39, 0.29) is 29.7 Å². The third-order valence-corrected chi connectivity index (χ3v) is 3.58. The largest absolute Gasteiger partial charge is 0.435 e. The number of nitrogens with one attached hydrogen (secondary N) is 1. The van der Waals surface area contributed by atoms with Gasteiger partial charge in [-0.1, -0.05) is 12.1 Å². The van der Waals surface area contributed by atoms with E-state index in [1.807, 2.05) is 23.4 Å². The van der Waals surface area contributed by atoms with Crippen LogP contribution in [0.3, 0.4) is 0 Å². The van der Waals surface area contributed by atoms with E-state index in [0.717, 1.165) is 17.9 Å². The fourth-order valence-electron chi connectivity index (χ4n) is 2.35. The summed E-state index contributed by atoms with van der Waals surface area (Å²) in [4.78, 5) is 6.17. The second-order valence-electron chi connectivity index (χ2n) is 5.31. The van der Waals surface area contributed by atoms with Crippen LogP contribution >= 0.6 is 24.0 Å². The summed E-state index contributed by atoms with van der Waals surface area (Å²) < 4.78 is 30.6. The van der Waals surface area contributed by atoms with E-state index >= 15 is 0 Å². The van der Waals surface area contributed by atoms with Gasteiger partial charge in [0, 0.05) is 27.2 Å². The maximum absolute atomic E-state index is 12.2. The van der Waals surface area contributed by atoms with Gasteiger partial charge in [0.2, 0.25) is 0 Å². The van der Waals surface area contributed by atoms with Crippen molar-refractivity contribution in [2.24, 2.45) is 4.99 Å². The zero-order chi connectivity index (χ0) is 18.2. The average molecular weight is 480 g/mol. The first kappa shape index (κ1) is 22.1. The number of hydrogen-bond acceptors (Lipinski definition) is 4. The third-order valence-electron chi connectivity index (χ3n) is 3.58. The molecule has 10 heteroatoms. The van der Waals surface area contributed by atoms with E-state index < -0.39 is 6.61 Å². The van der Waals surface area contributed by atoms with Crippen LogP contribution < -0.4 is 10.1 Å². The van der Waals surface area contributed by atoms with Gasteiger partial charge in [-0.05, 0) is 24.6 Å². The number of aryl methyl sites for hydroxylation is 1. The van der Waals surface area contributed by atoms with Crippen molar-refractivity contribution < 1.29 is 13.5 Å². The molecule has 1 heterocycles. The molecule has 0 saturated carbocycles. The monoisotopic (exact) mass is 480 g/mol. The van der Waals surface area contributed by atoms with Crippen LogP contribution in [-0.2, 0) is 19.6 Å². The summed E-state index contributed by atoms with van der Waals surface area (Å²) in [6.45, 7) is 1.07. The molecule has 0 radical (unpaired) electrons. The summed E-state index contributed by atoms with van der Waals surface area (Å²) in [5.41, 5.74) is 0.948. The molecule has 1 aromatic carbocycles. The lowest BCUT2D eigenvalue weighted by molar-refractivity contribution is -0.0498. The zero-order valence-electron chi connectivity index (χ0n) is 14.9. The van der Waals surface area contributed by atoms with Crippen LogP contribution in [0, 0.1) is 0 Å². The minimum absolute atomic E-state index is 0. The van der Waals surface area contributed by atoms with Gasteiger partial charge >= 0.3 is 6.61 Å². The number of rotatable bonds is 7. The number of alkyl halides is 2. The molecular weight excluding hydrogens is 457 g/mol. The Morgan fingerprint density at radius 3 is 2.62 bits per heavy atom. The molecule has 0 fully saturated rings. The predicted octanol–water partition coefficient (Wildman–Crippen LogP) is 2.72. The van der Waals surface area contributed by atoms with Crippen molar-refractivity contribution >= 4 is 29.9 Å². The standard InChI is InChI=1S/C16H22F2N6O.HI/c1-4-24-11-21-22-14(24)9-20-16(19-2)23(3)10-12-5-7-13(8-6-12)25-15(17)18;/h5-8,11,15H,4,9-10H2,1-3H3,(H,19,20);1H. The molecule has 1 aromatic heterocycles. The maximum atomic E-state index is 12.2. The van der Waals surface area contributed by atoms with E-state index in [2.05, 4.69) is 25.2 Å². The van der Waals surface area contributed by atoms with Gasteiger partial charge in [0.25, 0.3) is 0 Å². The van der Waals surface area contributed by atoms with E-state index in [4.69, 9.17) is 0 Å². The van der Waals surface area contributed by atoms with Crippen LogP contribution in [0.5, 0.6) is 5.75 Å². The molecule has 0 unspecified atom stereocenters. The van der Waals surface area contributed by atoms with Gasteiger partial charge in [-0.25, -0.2) is 0 Å². The Bertz CT molecular complexity index is 692. The fraction of sp³-hybridized carbons (Fsp3) is 0.438. The van der Waals surface area contributed by atoms with Gasteiger partial charge in [-0.15, -0.1) is 34.2 Å². The Morgan fingerprint density at radius 1 is 1.35 bits per heavy atom. The Balaban J connectivity index is 0.00000338. The lowest BCUT2D eigenvalue weighted by Gasteiger charge is -2.22. The molecule has 26 heavy (non-hydrogen) atoms. The van der Waals surface area contributed by atoms with Crippen LogP contribution in [0.2, 0.25) is 0 Å². The summed E-state index contributed by atoms with van der Waals surface area (Å²) in [6.07, 6.45) is 1.69. The Hall–Kier alpha value is -1.98. The van der Waals surface area contributed by atoms with Gasteiger partial charge in [-0.3, -0.25) is 4.99 Å². The predicted molar refractivity (Wildman–Crippen MR) is 106 cm³/mol. The highest BCUT2D eigenvalue weighted by molar-refractivity contribution is 14.0. The smallest absolute Gasteiger partial charge is 0.387 e. The number of aromatic nitrogens is 3. The summed E-state index contributed by atoms with van der Waals surface area (Å²) in [5.74, 6) is 1.66. The Labute approximate surface area is 168 Å². The first-order chi connectivity index (χ1) is 12.0. The second kappa shape index (κ2) is 10.9. The van der Waals surface area contributed by atoms with Gasteiger partial charge < -0.3 is 19.5 Å². The van der Waals surface area contributed by atoms with Crippen LogP contribution in [0.25, 0.3) is 0 Å². The summed E-state index contributed by atoms with van der Waals surface area (Å²) in [6, 6.07) is 6.54. The average Bonchev–Trinajstić information content (AvgIpc) is 3.04. The molecule has 0 spiro atoms. The fourth-order valence-corrected chi connectivity index (χ4v) is 2.35. The summed E-state index contributed by atoms with van der Waals surface area (Å²) in [5, 5.41) is 11.2.